The third-order valence-corrected chi connectivity index (χ3v) is 10.5. The van der Waals surface area contributed by atoms with Crippen LogP contribution in [-0.4, -0.2) is 27.7 Å². The van der Waals surface area contributed by atoms with Crippen molar-refractivity contribution >= 4 is 45.4 Å². The van der Waals surface area contributed by atoms with Gasteiger partial charge in [-0.15, -0.1) is 22.1 Å². The normalized spacial score (nSPS) is 15.9. The monoisotopic (exact) mass is 824 g/mol. The van der Waals surface area contributed by atoms with E-state index in [0.29, 0.717) is 33.5 Å². The average Bonchev–Trinajstić information content (AvgIpc) is 4.07. The molecule has 0 radical (unpaired) electrons. The number of rotatable bonds is 4. The summed E-state index contributed by atoms with van der Waals surface area (Å²) in [5.74, 6) is -16.5. The zero-order chi connectivity index (χ0) is 39.1. The van der Waals surface area contributed by atoms with Crippen molar-refractivity contribution in [2.45, 2.75) is 17.8 Å². The molecular formula is C47H26F6N4Zn. The van der Waals surface area contributed by atoms with E-state index in [9.17, 15) is 0 Å². The Labute approximate surface area is 340 Å². The summed E-state index contributed by atoms with van der Waals surface area (Å²) >= 11 is 0. The number of benzene rings is 4. The number of aromatic nitrogens is 4. The first-order valence-corrected chi connectivity index (χ1v) is 18.0. The van der Waals surface area contributed by atoms with E-state index in [1.807, 2.05) is 72.8 Å². The second kappa shape index (κ2) is 13.7. The van der Waals surface area contributed by atoms with E-state index >= 15 is 26.3 Å². The Balaban J connectivity index is 0.00000436. The molecule has 5 heterocycles. The van der Waals surface area contributed by atoms with Crippen molar-refractivity contribution in [1.82, 2.24) is 19.9 Å². The van der Waals surface area contributed by atoms with Crippen LogP contribution < -0.4 is 9.97 Å². The fourth-order valence-electron chi connectivity index (χ4n) is 7.95. The largest absolute Gasteiger partial charge is 2.00 e. The van der Waals surface area contributed by atoms with Crippen molar-refractivity contribution in [2.75, 3.05) is 0 Å². The summed E-state index contributed by atoms with van der Waals surface area (Å²) in [7, 11) is 0. The molecule has 4 nitrogen and oxygen atoms in total. The van der Waals surface area contributed by atoms with Crippen LogP contribution in [0.1, 0.15) is 22.8 Å². The van der Waals surface area contributed by atoms with Crippen molar-refractivity contribution in [3.8, 4) is 44.5 Å². The first-order valence-electron chi connectivity index (χ1n) is 18.0. The molecule has 7 aromatic rings. The Kier molecular flexibility index (Phi) is 8.78. The summed E-state index contributed by atoms with van der Waals surface area (Å²) in [5, 5.41) is 0. The standard InChI is InChI=1S/C47H26F6N4.Zn/c48-45(49)41-42(46(50,51)47(45,52)53)44-40(30-19-11-4-12-20-30)36-26-24-34(56-36)38(28-15-7-2-8-16-28)32-22-21-31(54-32)37(27-13-5-1-6-14-27)33-23-25-35(55-33)39(43(41)57-44)29-17-9-3-10-18-29;/h1-26H;/q-2;+2. The first kappa shape index (κ1) is 37.3. The maximum Gasteiger partial charge on any atom is 2.00 e. The van der Waals surface area contributed by atoms with Crippen LogP contribution in [0.3, 0.4) is 0 Å². The van der Waals surface area contributed by atoms with E-state index in [-0.39, 0.29) is 52.8 Å². The maximum absolute atomic E-state index is 16.4. The molecule has 278 valence electrons. The smallest absolute Gasteiger partial charge is 0.657 e. The minimum absolute atomic E-state index is 0. The minimum Gasteiger partial charge on any atom is -0.657 e. The van der Waals surface area contributed by atoms with Crippen molar-refractivity contribution in [1.29, 1.82) is 0 Å². The Morgan fingerprint density at radius 1 is 0.362 bits per heavy atom. The Morgan fingerprint density at radius 2 is 0.655 bits per heavy atom. The van der Waals surface area contributed by atoms with Gasteiger partial charge in [0.05, 0.1) is 33.9 Å². The van der Waals surface area contributed by atoms with E-state index in [4.69, 9.17) is 15.0 Å². The number of hydrogen-bond donors (Lipinski definition) is 0. The second-order valence-electron chi connectivity index (χ2n) is 13.9. The maximum atomic E-state index is 16.4. The quantitative estimate of drug-likeness (QED) is 0.131. The number of halogens is 6. The molecule has 11 heteroatoms. The van der Waals surface area contributed by atoms with E-state index < -0.39 is 40.3 Å². The van der Waals surface area contributed by atoms with Crippen molar-refractivity contribution in [2.24, 2.45) is 0 Å². The SMILES string of the molecule is FC1(F)C2=C(c3nc2c(-c2ccccc2)c2ccc([n-]2)c(-c2ccccc2)c2nc(c(-c4ccccc4)c4ccc([n-]4)c3-c3ccccc3)C=C2)C(F)(F)C1(F)F.[Zn+2]. The molecule has 0 saturated heterocycles. The van der Waals surface area contributed by atoms with Crippen molar-refractivity contribution in [3.63, 3.8) is 0 Å². The van der Waals surface area contributed by atoms with Gasteiger partial charge in [0.15, 0.2) is 0 Å². The molecule has 0 atom stereocenters. The number of nitrogens with zero attached hydrogens (tertiary/aromatic N) is 4. The molecule has 10 rings (SSSR count). The van der Waals surface area contributed by atoms with Crippen LogP contribution in [0.5, 0.6) is 0 Å². The van der Waals surface area contributed by atoms with Gasteiger partial charge in [-0.2, -0.15) is 26.3 Å². The third-order valence-electron chi connectivity index (χ3n) is 10.5. The summed E-state index contributed by atoms with van der Waals surface area (Å²) in [6, 6.07) is 41.3. The Bertz CT molecular complexity index is 2780. The van der Waals surface area contributed by atoms with Gasteiger partial charge in [-0.25, -0.2) is 9.97 Å². The predicted molar refractivity (Wildman–Crippen MR) is 211 cm³/mol. The van der Waals surface area contributed by atoms with E-state index in [2.05, 4.69) is 4.98 Å². The van der Waals surface area contributed by atoms with Gasteiger partial charge < -0.3 is 9.97 Å². The van der Waals surface area contributed by atoms with Crippen LogP contribution in [0, 0.1) is 0 Å². The van der Waals surface area contributed by atoms with Crippen LogP contribution in [0.15, 0.2) is 146 Å². The van der Waals surface area contributed by atoms with Gasteiger partial charge in [0, 0.05) is 0 Å². The predicted octanol–water partition coefficient (Wildman–Crippen LogP) is 12.2. The summed E-state index contributed by atoms with van der Waals surface area (Å²) < 4.78 is 97.1. The third kappa shape index (κ3) is 5.47. The zero-order valence-electron chi connectivity index (χ0n) is 30.3. The molecule has 1 aliphatic carbocycles. The summed E-state index contributed by atoms with van der Waals surface area (Å²) in [6.45, 7) is 0. The zero-order valence-corrected chi connectivity index (χ0v) is 33.2. The Morgan fingerprint density at radius 3 is 0.983 bits per heavy atom. The van der Waals surface area contributed by atoms with Gasteiger partial charge in [0.2, 0.25) is 0 Å². The van der Waals surface area contributed by atoms with Gasteiger partial charge in [0.1, 0.15) is 0 Å². The molecule has 3 aromatic heterocycles. The second-order valence-corrected chi connectivity index (χ2v) is 13.9. The fourth-order valence-corrected chi connectivity index (χ4v) is 7.95. The van der Waals surface area contributed by atoms with Gasteiger partial charge in [-0.05, 0) is 56.7 Å². The molecule has 0 amide bonds. The van der Waals surface area contributed by atoms with Gasteiger partial charge in [0.25, 0.3) is 0 Å². The van der Waals surface area contributed by atoms with E-state index in [0.717, 1.165) is 11.1 Å². The van der Waals surface area contributed by atoms with Gasteiger partial charge >= 0.3 is 37.2 Å². The van der Waals surface area contributed by atoms with Crippen molar-refractivity contribution in [3.05, 3.63) is 168 Å². The van der Waals surface area contributed by atoms with E-state index in [1.165, 1.54) is 0 Å². The number of alkyl halides is 6. The van der Waals surface area contributed by atoms with Crippen molar-refractivity contribution < 1.29 is 45.8 Å². The molecule has 58 heavy (non-hydrogen) atoms. The molecule has 3 aliphatic rings. The molecule has 0 N–H and O–H groups in total. The Hall–Kier alpha value is -6.32. The topological polar surface area (TPSA) is 54.0 Å². The summed E-state index contributed by atoms with van der Waals surface area (Å²) in [4.78, 5) is 19.6. The summed E-state index contributed by atoms with van der Waals surface area (Å²) in [6.07, 6.45) is 3.73. The molecule has 4 aromatic carbocycles. The number of hydrogen-bond acceptors (Lipinski definition) is 2. The van der Waals surface area contributed by atoms with Gasteiger partial charge in [-0.3, -0.25) is 0 Å². The van der Waals surface area contributed by atoms with Crippen LogP contribution >= 0.6 is 0 Å². The van der Waals surface area contributed by atoms with Crippen LogP contribution in [0.4, 0.5) is 26.3 Å². The average molecular weight is 826 g/mol. The van der Waals surface area contributed by atoms with Crippen LogP contribution in [0.2, 0.25) is 0 Å². The molecule has 0 spiro atoms. The molecule has 0 unspecified atom stereocenters. The fraction of sp³-hybridized carbons (Fsp3) is 0.0638. The molecule has 0 saturated carbocycles. The number of allylic oxidation sites excluding steroid dienone is 2. The molecular weight excluding hydrogens is 800 g/mol. The van der Waals surface area contributed by atoms with E-state index in [1.54, 1.807) is 84.9 Å². The van der Waals surface area contributed by atoms with Crippen LogP contribution in [0.25, 0.3) is 89.9 Å². The first-order chi connectivity index (χ1) is 27.6. The number of fused-ring (bicyclic) bond motifs is 10. The molecule has 0 fully saturated rings. The molecule has 2 aliphatic heterocycles. The van der Waals surface area contributed by atoms with Gasteiger partial charge in [-0.1, -0.05) is 146 Å². The van der Waals surface area contributed by atoms with Crippen LogP contribution in [-0.2, 0) is 19.5 Å². The minimum atomic E-state index is -5.79. The molecule has 8 bridgehead atoms. The summed E-state index contributed by atoms with van der Waals surface area (Å²) in [5.41, 5.74) is 0.425.